The van der Waals surface area contributed by atoms with Crippen molar-refractivity contribution in [1.29, 1.82) is 0 Å². The number of ether oxygens (including phenoxy) is 3. The lowest BCUT2D eigenvalue weighted by Crippen LogP contribution is -2.47. The molecule has 0 N–H and O–H groups in total. The standard InChI is InChI=1S/C23H21BrO5/c24-19-14-17(9-10-20(19)27-15-16-7-3-1-4-8-16)13-18-21(25)28-23(29-22(18)26)11-5-2-6-12-23/h1,3-4,7-10,13-14H,2,5-6,11-12,15H2. The summed E-state index contributed by atoms with van der Waals surface area (Å²) in [5.74, 6) is -1.64. The number of carbonyl (C=O) groups excluding carboxylic acids is 2. The summed E-state index contributed by atoms with van der Waals surface area (Å²) in [6.07, 6.45) is 5.46. The van der Waals surface area contributed by atoms with Gasteiger partial charge in [-0.15, -0.1) is 0 Å². The number of benzene rings is 2. The zero-order valence-corrected chi connectivity index (χ0v) is 17.4. The van der Waals surface area contributed by atoms with Gasteiger partial charge < -0.3 is 14.2 Å². The molecule has 2 aliphatic rings. The van der Waals surface area contributed by atoms with Gasteiger partial charge in [-0.3, -0.25) is 0 Å². The van der Waals surface area contributed by atoms with E-state index in [1.54, 1.807) is 18.2 Å². The number of hydrogen-bond acceptors (Lipinski definition) is 5. The lowest BCUT2D eigenvalue weighted by molar-refractivity contribution is -0.244. The van der Waals surface area contributed by atoms with E-state index < -0.39 is 17.7 Å². The van der Waals surface area contributed by atoms with Crippen LogP contribution in [0.5, 0.6) is 5.75 Å². The van der Waals surface area contributed by atoms with Crippen LogP contribution in [-0.4, -0.2) is 17.7 Å². The maximum Gasteiger partial charge on any atom is 0.348 e. The van der Waals surface area contributed by atoms with Crippen LogP contribution in [-0.2, 0) is 25.7 Å². The molecule has 2 aromatic rings. The quantitative estimate of drug-likeness (QED) is 0.360. The molecular formula is C23H21BrO5. The highest BCUT2D eigenvalue weighted by Crippen LogP contribution is 2.37. The van der Waals surface area contributed by atoms with Crippen LogP contribution in [0.3, 0.4) is 0 Å². The Morgan fingerprint density at radius 2 is 1.66 bits per heavy atom. The Morgan fingerprint density at radius 3 is 2.31 bits per heavy atom. The molecule has 0 atom stereocenters. The molecule has 0 aromatic heterocycles. The lowest BCUT2D eigenvalue weighted by Gasteiger charge is -2.38. The van der Waals surface area contributed by atoms with Crippen LogP contribution in [0.4, 0.5) is 0 Å². The largest absolute Gasteiger partial charge is 0.488 e. The van der Waals surface area contributed by atoms with Gasteiger partial charge in [-0.25, -0.2) is 9.59 Å². The molecule has 2 aromatic carbocycles. The van der Waals surface area contributed by atoms with Crippen LogP contribution in [0.25, 0.3) is 6.08 Å². The molecule has 0 radical (unpaired) electrons. The Hall–Kier alpha value is -2.60. The van der Waals surface area contributed by atoms with Crippen molar-refractivity contribution in [2.75, 3.05) is 0 Å². The SMILES string of the molecule is O=C1OC2(CCCCC2)OC(=O)C1=Cc1ccc(OCc2ccccc2)c(Br)c1. The average molecular weight is 457 g/mol. The first-order chi connectivity index (χ1) is 14.0. The highest BCUT2D eigenvalue weighted by atomic mass is 79.9. The Bertz CT molecular complexity index is 923. The molecule has 2 fully saturated rings. The highest BCUT2D eigenvalue weighted by molar-refractivity contribution is 9.10. The molecule has 1 saturated heterocycles. The molecular weight excluding hydrogens is 436 g/mol. The Kier molecular flexibility index (Phi) is 5.72. The summed E-state index contributed by atoms with van der Waals surface area (Å²) in [6, 6.07) is 15.2. The average Bonchev–Trinajstić information content (AvgIpc) is 2.71. The van der Waals surface area contributed by atoms with E-state index in [2.05, 4.69) is 15.9 Å². The van der Waals surface area contributed by atoms with Gasteiger partial charge in [0.1, 0.15) is 17.9 Å². The van der Waals surface area contributed by atoms with Crippen LogP contribution in [0.2, 0.25) is 0 Å². The molecule has 0 bridgehead atoms. The van der Waals surface area contributed by atoms with Gasteiger partial charge in [-0.2, -0.15) is 0 Å². The van der Waals surface area contributed by atoms with Gasteiger partial charge >= 0.3 is 11.9 Å². The van der Waals surface area contributed by atoms with Gasteiger partial charge in [0, 0.05) is 12.8 Å². The monoisotopic (exact) mass is 456 g/mol. The summed E-state index contributed by atoms with van der Waals surface area (Å²) in [4.78, 5) is 24.9. The van der Waals surface area contributed by atoms with Gasteiger partial charge in [0.2, 0.25) is 0 Å². The van der Waals surface area contributed by atoms with Gasteiger partial charge in [-0.1, -0.05) is 42.8 Å². The number of carbonyl (C=O) groups is 2. The van der Waals surface area contributed by atoms with E-state index in [1.807, 2.05) is 30.3 Å². The predicted octanol–water partition coefficient (Wildman–Crippen LogP) is 5.17. The van der Waals surface area contributed by atoms with Crippen molar-refractivity contribution in [2.45, 2.75) is 44.5 Å². The smallest absolute Gasteiger partial charge is 0.348 e. The molecule has 0 unspecified atom stereocenters. The molecule has 0 amide bonds. The molecule has 150 valence electrons. The van der Waals surface area contributed by atoms with E-state index >= 15 is 0 Å². The maximum atomic E-state index is 12.5. The van der Waals surface area contributed by atoms with Crippen LogP contribution < -0.4 is 4.74 Å². The van der Waals surface area contributed by atoms with E-state index in [9.17, 15) is 9.59 Å². The van der Waals surface area contributed by atoms with Crippen molar-refractivity contribution >= 4 is 33.9 Å². The summed E-state index contributed by atoms with van der Waals surface area (Å²) in [7, 11) is 0. The Labute approximate surface area is 177 Å². The first-order valence-corrected chi connectivity index (χ1v) is 10.5. The fraction of sp³-hybridized carbons (Fsp3) is 0.304. The predicted molar refractivity (Wildman–Crippen MR) is 111 cm³/mol. The molecule has 29 heavy (non-hydrogen) atoms. The van der Waals surface area contributed by atoms with Crippen LogP contribution in [0.1, 0.15) is 43.2 Å². The molecule has 1 saturated carbocycles. The van der Waals surface area contributed by atoms with Crippen LogP contribution in [0.15, 0.2) is 58.6 Å². The van der Waals surface area contributed by atoms with Crippen molar-refractivity contribution in [3.63, 3.8) is 0 Å². The summed E-state index contributed by atoms with van der Waals surface area (Å²) in [5.41, 5.74) is 1.65. The van der Waals surface area contributed by atoms with E-state index in [0.29, 0.717) is 30.8 Å². The lowest BCUT2D eigenvalue weighted by atomic mass is 9.93. The van der Waals surface area contributed by atoms with Crippen molar-refractivity contribution < 1.29 is 23.8 Å². The summed E-state index contributed by atoms with van der Waals surface area (Å²) >= 11 is 3.49. The number of halogens is 1. The fourth-order valence-electron chi connectivity index (χ4n) is 3.59. The highest BCUT2D eigenvalue weighted by Gasteiger charge is 2.46. The van der Waals surface area contributed by atoms with E-state index in [-0.39, 0.29) is 5.57 Å². The second kappa shape index (κ2) is 8.41. The minimum absolute atomic E-state index is 0.0916. The molecule has 4 rings (SSSR count). The third-order valence-corrected chi connectivity index (χ3v) is 5.74. The summed E-state index contributed by atoms with van der Waals surface area (Å²) in [5, 5.41) is 0. The minimum Gasteiger partial charge on any atom is -0.488 e. The van der Waals surface area contributed by atoms with Crippen molar-refractivity contribution in [3.8, 4) is 5.75 Å². The zero-order chi connectivity index (χ0) is 20.3. The van der Waals surface area contributed by atoms with Gasteiger partial charge in [0.15, 0.2) is 0 Å². The zero-order valence-electron chi connectivity index (χ0n) is 15.9. The second-order valence-corrected chi connectivity index (χ2v) is 8.13. The molecule has 5 nitrogen and oxygen atoms in total. The molecule has 1 heterocycles. The topological polar surface area (TPSA) is 61.8 Å². The number of esters is 2. The first kappa shape index (κ1) is 19.7. The molecule has 6 heteroatoms. The third-order valence-electron chi connectivity index (χ3n) is 5.12. The summed E-state index contributed by atoms with van der Waals surface area (Å²) < 4.78 is 17.6. The molecule has 1 aliphatic carbocycles. The van der Waals surface area contributed by atoms with Crippen molar-refractivity contribution in [1.82, 2.24) is 0 Å². The molecule has 1 aliphatic heterocycles. The van der Waals surface area contributed by atoms with Crippen LogP contribution >= 0.6 is 15.9 Å². The minimum atomic E-state index is -1.07. The van der Waals surface area contributed by atoms with Gasteiger partial charge in [-0.05, 0) is 58.1 Å². The van der Waals surface area contributed by atoms with E-state index in [4.69, 9.17) is 14.2 Å². The normalized spacial score (nSPS) is 18.2. The Balaban J connectivity index is 1.47. The van der Waals surface area contributed by atoms with E-state index in [1.165, 1.54) is 6.08 Å². The maximum absolute atomic E-state index is 12.5. The first-order valence-electron chi connectivity index (χ1n) is 9.69. The second-order valence-electron chi connectivity index (χ2n) is 7.27. The van der Waals surface area contributed by atoms with E-state index in [0.717, 1.165) is 29.3 Å². The van der Waals surface area contributed by atoms with Crippen LogP contribution in [0, 0.1) is 0 Å². The summed E-state index contributed by atoms with van der Waals surface area (Å²) in [6.45, 7) is 0.445. The third kappa shape index (κ3) is 4.53. The fourth-order valence-corrected chi connectivity index (χ4v) is 4.10. The number of rotatable bonds is 4. The molecule has 1 spiro atoms. The van der Waals surface area contributed by atoms with Crippen molar-refractivity contribution in [3.05, 3.63) is 69.7 Å². The van der Waals surface area contributed by atoms with Crippen molar-refractivity contribution in [2.24, 2.45) is 0 Å². The van der Waals surface area contributed by atoms with Gasteiger partial charge in [0.05, 0.1) is 4.47 Å². The Morgan fingerprint density at radius 1 is 0.966 bits per heavy atom. The number of hydrogen-bond donors (Lipinski definition) is 0. The van der Waals surface area contributed by atoms with Gasteiger partial charge in [0.25, 0.3) is 5.79 Å².